The van der Waals surface area contributed by atoms with Crippen LogP contribution in [-0.4, -0.2) is 11.5 Å². The Hall–Kier alpha value is -7.10. The van der Waals surface area contributed by atoms with E-state index in [1.165, 1.54) is 66.1 Å². The average molecular weight is 704 g/mol. The van der Waals surface area contributed by atoms with Crippen LogP contribution in [0.15, 0.2) is 187 Å². The number of fused-ring (bicyclic) bond motifs is 4. The third kappa shape index (κ3) is 5.87. The van der Waals surface area contributed by atoms with Gasteiger partial charge in [0, 0.05) is 11.1 Å². The molecule has 0 spiro atoms. The lowest BCUT2D eigenvalue weighted by Gasteiger charge is -2.25. The maximum atomic E-state index is 8.84. The van der Waals surface area contributed by atoms with Crippen LogP contribution in [0.4, 0.5) is 5.69 Å². The standard InChI is InChI=1S/C52H37N3/c53-47(35-17-5-2-6-18-35)33-49-45-25-13-14-26-48(45)54-52(55-49)37-29-27-36(28-30-37)50-41-21-9-11-23-43(41)51(44-24-12-10-22-42(44)50)39-31-38-19-7-8-20-40(38)46(32-39)34-15-3-1-4-16-34/h1-9,11-21,23-33,53H,10,22H2,(H,54,55)/b49-33-,53-47?. The van der Waals surface area contributed by atoms with E-state index in [-0.39, 0.29) is 0 Å². The number of rotatable bonds is 6. The van der Waals surface area contributed by atoms with E-state index in [1.807, 2.05) is 54.6 Å². The van der Waals surface area contributed by atoms with Crippen LogP contribution >= 0.6 is 0 Å². The van der Waals surface area contributed by atoms with Gasteiger partial charge in [0.15, 0.2) is 0 Å². The van der Waals surface area contributed by atoms with E-state index in [2.05, 4.69) is 139 Å². The lowest BCUT2D eigenvalue weighted by atomic mass is 9.79. The molecule has 0 amide bonds. The fourth-order valence-corrected chi connectivity index (χ4v) is 8.37. The van der Waals surface area contributed by atoms with Crippen molar-refractivity contribution in [2.75, 3.05) is 0 Å². The molecule has 1 aliphatic heterocycles. The minimum atomic E-state index is 0.448. The fourth-order valence-electron chi connectivity index (χ4n) is 8.37. The van der Waals surface area contributed by atoms with Gasteiger partial charge in [-0.3, -0.25) is 0 Å². The predicted molar refractivity (Wildman–Crippen MR) is 232 cm³/mol. The third-order valence-corrected chi connectivity index (χ3v) is 10.9. The summed E-state index contributed by atoms with van der Waals surface area (Å²) in [6, 6.07) is 60.1. The summed E-state index contributed by atoms with van der Waals surface area (Å²) < 4.78 is 0. The smallest absolute Gasteiger partial charge is 0.138 e. The number of nitrogens with zero attached hydrogens (tertiary/aromatic N) is 1. The highest BCUT2D eigenvalue weighted by Crippen LogP contribution is 2.46. The molecule has 0 bridgehead atoms. The first-order chi connectivity index (χ1) is 27.2. The summed E-state index contributed by atoms with van der Waals surface area (Å²) >= 11 is 0. The Labute approximate surface area is 321 Å². The molecule has 0 aromatic heterocycles. The molecule has 0 radical (unpaired) electrons. The van der Waals surface area contributed by atoms with Gasteiger partial charge in [0.05, 0.1) is 17.1 Å². The van der Waals surface area contributed by atoms with Crippen molar-refractivity contribution in [1.82, 2.24) is 5.32 Å². The van der Waals surface area contributed by atoms with Crippen molar-refractivity contribution in [2.45, 2.75) is 12.8 Å². The Morgan fingerprint density at radius 2 is 1.22 bits per heavy atom. The maximum Gasteiger partial charge on any atom is 0.138 e. The van der Waals surface area contributed by atoms with E-state index in [4.69, 9.17) is 10.4 Å². The zero-order valence-electron chi connectivity index (χ0n) is 30.3. The van der Waals surface area contributed by atoms with Crippen LogP contribution in [0, 0.1) is 5.41 Å². The Morgan fingerprint density at radius 1 is 0.564 bits per heavy atom. The maximum absolute atomic E-state index is 8.84. The topological polar surface area (TPSA) is 48.2 Å². The molecule has 3 nitrogen and oxygen atoms in total. The monoisotopic (exact) mass is 703 g/mol. The zero-order valence-corrected chi connectivity index (χ0v) is 30.3. The highest BCUT2D eigenvalue weighted by Gasteiger charge is 2.23. The predicted octanol–water partition coefficient (Wildman–Crippen LogP) is 13.0. The first kappa shape index (κ1) is 32.5. The Morgan fingerprint density at radius 3 is 2.02 bits per heavy atom. The number of aliphatic imine (C=N–C) groups is 1. The van der Waals surface area contributed by atoms with Crippen molar-refractivity contribution in [3.63, 3.8) is 0 Å². The number of hydrogen-bond donors (Lipinski definition) is 2. The Bertz CT molecular complexity index is 2880. The zero-order chi connectivity index (χ0) is 36.7. The summed E-state index contributed by atoms with van der Waals surface area (Å²) in [5.74, 6) is 0.771. The van der Waals surface area contributed by atoms with E-state index in [9.17, 15) is 0 Å². The van der Waals surface area contributed by atoms with E-state index < -0.39 is 0 Å². The molecule has 10 rings (SSSR count). The molecule has 8 aromatic rings. The molecule has 260 valence electrons. The summed E-state index contributed by atoms with van der Waals surface area (Å²) in [5, 5.41) is 17.4. The SMILES string of the molecule is N=C(/C=C1\NC(c2ccc(-c3c4c(c(-c5cc(-c6ccccc6)c6ccccc6c5)c5ccccc35)C=CCC4)cc2)=Nc2ccccc21)c1ccccc1. The molecule has 2 aliphatic rings. The summed E-state index contributed by atoms with van der Waals surface area (Å²) in [4.78, 5) is 5.05. The van der Waals surface area contributed by atoms with Gasteiger partial charge in [0.2, 0.25) is 0 Å². The lowest BCUT2D eigenvalue weighted by molar-refractivity contribution is 0.991. The fraction of sp³-hybridized carbons (Fsp3) is 0.0385. The molecular formula is C52H37N3. The van der Waals surface area contributed by atoms with Crippen LogP contribution in [0.1, 0.15) is 34.2 Å². The first-order valence-corrected chi connectivity index (χ1v) is 18.9. The quantitative estimate of drug-likeness (QED) is 0.166. The minimum Gasteiger partial charge on any atom is -0.339 e. The van der Waals surface area contributed by atoms with Crippen molar-refractivity contribution in [2.24, 2.45) is 4.99 Å². The van der Waals surface area contributed by atoms with Crippen LogP contribution in [-0.2, 0) is 6.42 Å². The van der Waals surface area contributed by atoms with Crippen LogP contribution in [0.5, 0.6) is 0 Å². The minimum absolute atomic E-state index is 0.448. The van der Waals surface area contributed by atoms with E-state index in [0.717, 1.165) is 46.8 Å². The van der Waals surface area contributed by atoms with Gasteiger partial charge in [-0.2, -0.15) is 0 Å². The van der Waals surface area contributed by atoms with Gasteiger partial charge in [-0.15, -0.1) is 0 Å². The van der Waals surface area contributed by atoms with E-state index in [1.54, 1.807) is 0 Å². The number of benzene rings is 8. The van der Waals surface area contributed by atoms with E-state index >= 15 is 0 Å². The normalized spacial score (nSPS) is 14.0. The number of nitrogens with one attached hydrogen (secondary N) is 2. The van der Waals surface area contributed by atoms with Crippen molar-refractivity contribution >= 4 is 50.6 Å². The molecule has 1 heterocycles. The summed E-state index contributed by atoms with van der Waals surface area (Å²) in [6.45, 7) is 0. The third-order valence-electron chi connectivity index (χ3n) is 10.9. The average Bonchev–Trinajstić information content (AvgIpc) is 3.25. The number of para-hydroxylation sites is 1. The van der Waals surface area contributed by atoms with Crippen molar-refractivity contribution < 1.29 is 0 Å². The molecule has 0 atom stereocenters. The molecule has 0 fully saturated rings. The first-order valence-electron chi connectivity index (χ1n) is 18.9. The van der Waals surface area contributed by atoms with Crippen LogP contribution in [0.25, 0.3) is 66.7 Å². The molecule has 0 saturated heterocycles. The van der Waals surface area contributed by atoms with Gasteiger partial charge in [-0.1, -0.05) is 164 Å². The van der Waals surface area contributed by atoms with Crippen molar-refractivity contribution in [1.29, 1.82) is 5.41 Å². The number of amidine groups is 1. The molecule has 1 aliphatic carbocycles. The molecular weight excluding hydrogens is 667 g/mol. The van der Waals surface area contributed by atoms with Crippen LogP contribution < -0.4 is 5.32 Å². The van der Waals surface area contributed by atoms with Gasteiger partial charge >= 0.3 is 0 Å². The van der Waals surface area contributed by atoms with Crippen molar-refractivity contribution in [3.8, 4) is 33.4 Å². The van der Waals surface area contributed by atoms with Crippen LogP contribution in [0.2, 0.25) is 0 Å². The number of allylic oxidation sites excluding steroid dienone is 2. The second-order valence-electron chi connectivity index (χ2n) is 14.3. The second-order valence-corrected chi connectivity index (χ2v) is 14.3. The van der Waals surface area contributed by atoms with Gasteiger partial charge in [0.1, 0.15) is 5.84 Å². The van der Waals surface area contributed by atoms with Gasteiger partial charge in [-0.05, 0) is 109 Å². The summed E-state index contributed by atoms with van der Waals surface area (Å²) in [6.07, 6.45) is 8.58. The lowest BCUT2D eigenvalue weighted by Crippen LogP contribution is -2.26. The second kappa shape index (κ2) is 13.7. The highest BCUT2D eigenvalue weighted by molar-refractivity contribution is 6.16. The van der Waals surface area contributed by atoms with Crippen molar-refractivity contribution in [3.05, 3.63) is 210 Å². The molecule has 2 N–H and O–H groups in total. The summed E-state index contributed by atoms with van der Waals surface area (Å²) in [5.41, 5.74) is 15.3. The highest BCUT2D eigenvalue weighted by atomic mass is 15.0. The van der Waals surface area contributed by atoms with Crippen LogP contribution in [0.3, 0.4) is 0 Å². The summed E-state index contributed by atoms with van der Waals surface area (Å²) in [7, 11) is 0. The molecule has 8 aromatic carbocycles. The molecule has 0 saturated carbocycles. The Kier molecular flexibility index (Phi) is 8.11. The molecule has 3 heteroatoms. The van der Waals surface area contributed by atoms with Gasteiger partial charge in [0.25, 0.3) is 0 Å². The molecule has 0 unspecified atom stereocenters. The van der Waals surface area contributed by atoms with Gasteiger partial charge < -0.3 is 10.7 Å². The van der Waals surface area contributed by atoms with Gasteiger partial charge in [-0.25, -0.2) is 4.99 Å². The van der Waals surface area contributed by atoms with E-state index in [0.29, 0.717) is 5.71 Å². The Balaban J connectivity index is 1.09. The largest absolute Gasteiger partial charge is 0.339 e. The number of hydrogen-bond acceptors (Lipinski definition) is 3. The molecule has 55 heavy (non-hydrogen) atoms.